The van der Waals surface area contributed by atoms with Crippen LogP contribution in [0.25, 0.3) is 11.0 Å². The van der Waals surface area contributed by atoms with E-state index in [0.29, 0.717) is 16.3 Å². The van der Waals surface area contributed by atoms with Crippen LogP contribution in [0.5, 0.6) is 0 Å². The van der Waals surface area contributed by atoms with Gasteiger partial charge in [-0.1, -0.05) is 20.8 Å². The highest BCUT2D eigenvalue weighted by Gasteiger charge is 2.47. The molecule has 0 amide bonds. The molecule has 162 valence electrons. The highest BCUT2D eigenvalue weighted by atomic mass is 32.2. The normalized spacial score (nSPS) is 26.4. The van der Waals surface area contributed by atoms with Gasteiger partial charge in [-0.05, 0) is 5.92 Å². The summed E-state index contributed by atoms with van der Waals surface area (Å²) in [5, 5.41) is 20.5. The summed E-state index contributed by atoms with van der Waals surface area (Å²) in [5.74, 6) is 0.520. The van der Waals surface area contributed by atoms with Gasteiger partial charge in [-0.3, -0.25) is 4.18 Å². The second-order valence-corrected chi connectivity index (χ2v) is 9.64. The van der Waals surface area contributed by atoms with Crippen molar-refractivity contribution in [1.82, 2.24) is 19.7 Å². The number of nitrogens with zero attached hydrogens (tertiary/aromatic N) is 4. The van der Waals surface area contributed by atoms with E-state index < -0.39 is 41.5 Å². The fourth-order valence-corrected chi connectivity index (χ4v) is 4.13. The molecule has 0 spiro atoms. The zero-order valence-corrected chi connectivity index (χ0v) is 17.6. The lowest BCUT2D eigenvalue weighted by atomic mass is 10.1. The highest BCUT2D eigenvalue weighted by molar-refractivity contribution is 8.00. The van der Waals surface area contributed by atoms with Gasteiger partial charge in [0.15, 0.2) is 18.0 Å². The molecule has 0 aromatic carbocycles. The lowest BCUT2D eigenvalue weighted by Gasteiger charge is -2.15. The Morgan fingerprint density at radius 2 is 2.10 bits per heavy atom. The minimum absolute atomic E-state index is 0.174. The van der Waals surface area contributed by atoms with Crippen molar-refractivity contribution in [3.63, 3.8) is 0 Å². The largest absolute Gasteiger partial charge is 0.387 e. The Bertz CT molecular complexity index is 987. The molecule has 2 aromatic heterocycles. The molecule has 3 rings (SSSR count). The number of halogens is 1. The maximum atomic E-state index is 14.8. The van der Waals surface area contributed by atoms with Gasteiger partial charge in [-0.15, -0.1) is 11.8 Å². The average Bonchev–Trinajstić information content (AvgIpc) is 3.12. The van der Waals surface area contributed by atoms with Gasteiger partial charge < -0.3 is 15.6 Å². The Kier molecular flexibility index (Phi) is 6.31. The Hall–Kier alpha value is -1.58. The van der Waals surface area contributed by atoms with Crippen molar-refractivity contribution in [2.24, 2.45) is 11.1 Å². The van der Waals surface area contributed by atoms with Crippen molar-refractivity contribution in [1.29, 1.82) is 0 Å². The summed E-state index contributed by atoms with van der Waals surface area (Å²) in [5.41, 5.74) is 6.24. The summed E-state index contributed by atoms with van der Waals surface area (Å²) < 4.78 is 47.9. The first-order valence-corrected chi connectivity index (χ1v) is 11.1. The topological polar surface area (TPSA) is 168 Å². The van der Waals surface area contributed by atoms with Crippen LogP contribution in [0.3, 0.4) is 0 Å². The van der Waals surface area contributed by atoms with Crippen LogP contribution in [-0.2, 0) is 19.2 Å². The Labute approximate surface area is 171 Å². The van der Waals surface area contributed by atoms with Crippen LogP contribution in [0.1, 0.15) is 27.0 Å². The minimum Gasteiger partial charge on any atom is -0.387 e. The van der Waals surface area contributed by atoms with E-state index in [0.717, 1.165) is 0 Å². The number of aliphatic hydroxyl groups excluding tert-OH is 1. The molecule has 0 aliphatic carbocycles. The fraction of sp³-hybridized carbons (Fsp3) is 0.667. The van der Waals surface area contributed by atoms with Crippen LogP contribution < -0.4 is 10.9 Å². The molecule has 1 saturated heterocycles. The first-order valence-electron chi connectivity index (χ1n) is 8.79. The number of rotatable bonds is 7. The molecule has 0 radical (unpaired) electrons. The van der Waals surface area contributed by atoms with Crippen LogP contribution in [0.15, 0.2) is 11.4 Å². The zero-order chi connectivity index (χ0) is 21.5. The minimum atomic E-state index is -4.27. The van der Waals surface area contributed by atoms with Crippen molar-refractivity contribution in [3.8, 4) is 0 Å². The van der Waals surface area contributed by atoms with Gasteiger partial charge >= 0.3 is 10.3 Å². The summed E-state index contributed by atoms with van der Waals surface area (Å²) in [6.45, 7) is 5.50. The molecule has 0 unspecified atom stereocenters. The van der Waals surface area contributed by atoms with Crippen LogP contribution in [0, 0.1) is 5.92 Å². The van der Waals surface area contributed by atoms with Crippen LogP contribution in [-0.4, -0.2) is 63.5 Å². The summed E-state index contributed by atoms with van der Waals surface area (Å²) in [4.78, 5) is 8.13. The molecule has 11 nitrogen and oxygen atoms in total. The Balaban J connectivity index is 1.96. The standard InChI is InChI=1S/C15H23FN6O5S2/c1-6(2)7(3)28-14-9-12(17)19-5-20-13(9)22(21-14)15-10(16)11(23)8(27-15)4-26-29(18,24)25/h5-8,10-11,15,23H,4H2,1-3H3,(H2,17,19,20)(H2,18,24,25)/t7-,8+,10-,11+,15+/m0/s1. The summed E-state index contributed by atoms with van der Waals surface area (Å²) >= 11 is 1.44. The molecule has 0 bridgehead atoms. The third-order valence-corrected chi connectivity index (χ3v) is 6.54. The van der Waals surface area contributed by atoms with Crippen molar-refractivity contribution in [2.45, 2.75) is 55.7 Å². The summed E-state index contributed by atoms with van der Waals surface area (Å²) in [7, 11) is -4.27. The Morgan fingerprint density at radius 3 is 2.72 bits per heavy atom. The van der Waals surface area contributed by atoms with Crippen LogP contribution in [0.4, 0.5) is 10.2 Å². The van der Waals surface area contributed by atoms with E-state index in [-0.39, 0.29) is 16.7 Å². The van der Waals surface area contributed by atoms with E-state index in [1.807, 2.05) is 6.92 Å². The molecule has 1 aliphatic rings. The second kappa shape index (κ2) is 8.28. The number of aliphatic hydroxyl groups is 1. The van der Waals surface area contributed by atoms with Gasteiger partial charge in [0.2, 0.25) is 0 Å². The predicted octanol–water partition coefficient (Wildman–Crippen LogP) is 0.362. The average molecular weight is 451 g/mol. The molecule has 1 aliphatic heterocycles. The van der Waals surface area contributed by atoms with Crippen molar-refractivity contribution >= 4 is 38.9 Å². The van der Waals surface area contributed by atoms with Gasteiger partial charge in [0.1, 0.15) is 29.4 Å². The number of hydrogen-bond acceptors (Lipinski definition) is 10. The number of nitrogen functional groups attached to an aromatic ring is 1. The maximum absolute atomic E-state index is 14.8. The van der Waals surface area contributed by atoms with E-state index in [4.69, 9.17) is 15.6 Å². The van der Waals surface area contributed by atoms with Gasteiger partial charge in [0.25, 0.3) is 0 Å². The molecule has 14 heteroatoms. The molecule has 5 atom stereocenters. The number of aromatic nitrogens is 4. The van der Waals surface area contributed by atoms with E-state index >= 15 is 0 Å². The quantitative estimate of drug-likeness (QED) is 0.501. The smallest absolute Gasteiger partial charge is 0.333 e. The van der Waals surface area contributed by atoms with Gasteiger partial charge in [-0.2, -0.15) is 13.5 Å². The first-order chi connectivity index (χ1) is 13.5. The third kappa shape index (κ3) is 4.62. The predicted molar refractivity (Wildman–Crippen MR) is 104 cm³/mol. The van der Waals surface area contributed by atoms with Gasteiger partial charge in [0, 0.05) is 5.25 Å². The van der Waals surface area contributed by atoms with Crippen molar-refractivity contribution in [2.75, 3.05) is 12.3 Å². The summed E-state index contributed by atoms with van der Waals surface area (Å²) in [6.07, 6.45) is -4.97. The number of anilines is 1. The maximum Gasteiger partial charge on any atom is 0.333 e. The molecular formula is C15H23FN6O5S2. The monoisotopic (exact) mass is 450 g/mol. The molecule has 3 heterocycles. The first kappa shape index (κ1) is 22.1. The SMILES string of the molecule is CC(C)[C@H](C)Sc1nn([C@@H]2O[C@H](COS(N)(=O)=O)[C@@H](O)[C@@H]2F)c2ncnc(N)c12. The molecule has 2 aromatic rings. The third-order valence-electron chi connectivity index (χ3n) is 4.65. The molecule has 0 saturated carbocycles. The number of alkyl halides is 1. The summed E-state index contributed by atoms with van der Waals surface area (Å²) in [6, 6.07) is 0. The molecule has 1 fully saturated rings. The molecule has 5 N–H and O–H groups in total. The van der Waals surface area contributed by atoms with Crippen molar-refractivity contribution < 1.29 is 26.8 Å². The number of thioether (sulfide) groups is 1. The number of ether oxygens (including phenoxy) is 1. The number of nitrogens with two attached hydrogens (primary N) is 2. The van der Waals surface area contributed by atoms with Crippen LogP contribution >= 0.6 is 11.8 Å². The molecule has 29 heavy (non-hydrogen) atoms. The van der Waals surface area contributed by atoms with Gasteiger partial charge in [0.05, 0.1) is 12.0 Å². The number of hydrogen-bond donors (Lipinski definition) is 3. The van der Waals surface area contributed by atoms with Crippen molar-refractivity contribution in [3.05, 3.63) is 6.33 Å². The fourth-order valence-electron chi connectivity index (χ4n) is 2.74. The van der Waals surface area contributed by atoms with E-state index in [1.54, 1.807) is 0 Å². The Morgan fingerprint density at radius 1 is 1.41 bits per heavy atom. The zero-order valence-electron chi connectivity index (χ0n) is 16.0. The molecular weight excluding hydrogens is 427 g/mol. The number of fused-ring (bicyclic) bond motifs is 1. The lowest BCUT2D eigenvalue weighted by Crippen LogP contribution is -2.33. The van der Waals surface area contributed by atoms with E-state index in [9.17, 15) is 17.9 Å². The van der Waals surface area contributed by atoms with E-state index in [1.165, 1.54) is 22.8 Å². The van der Waals surface area contributed by atoms with Gasteiger partial charge in [-0.25, -0.2) is 24.2 Å². The van der Waals surface area contributed by atoms with Crippen LogP contribution in [0.2, 0.25) is 0 Å². The lowest BCUT2D eigenvalue weighted by molar-refractivity contribution is -0.0456. The highest BCUT2D eigenvalue weighted by Crippen LogP contribution is 2.39. The second-order valence-electron chi connectivity index (χ2n) is 7.05. The van der Waals surface area contributed by atoms with E-state index in [2.05, 4.69) is 33.1 Å².